The van der Waals surface area contributed by atoms with Crippen molar-refractivity contribution >= 4 is 35.0 Å². The molecular formula is C5H10N5S2+. The zero-order valence-corrected chi connectivity index (χ0v) is 8.42. The highest BCUT2D eigenvalue weighted by Crippen LogP contribution is 2.05. The molecule has 0 atom stereocenters. The van der Waals surface area contributed by atoms with Crippen molar-refractivity contribution in [2.75, 3.05) is 19.0 Å². The maximum absolute atomic E-state index is 5.46. The molecule has 0 amide bonds. The molecule has 0 saturated heterocycles. The summed E-state index contributed by atoms with van der Waals surface area (Å²) in [6.45, 7) is 0. The van der Waals surface area contributed by atoms with Crippen molar-refractivity contribution in [2.45, 2.75) is 5.16 Å². The number of aromatic nitrogens is 3. The van der Waals surface area contributed by atoms with E-state index in [9.17, 15) is 0 Å². The van der Waals surface area contributed by atoms with Crippen molar-refractivity contribution in [2.24, 2.45) is 0 Å². The van der Waals surface area contributed by atoms with Crippen LogP contribution in [-0.4, -0.2) is 28.5 Å². The van der Waals surface area contributed by atoms with Gasteiger partial charge in [0.25, 0.3) is 0 Å². The Morgan fingerprint density at radius 3 is 3.00 bits per heavy atom. The summed E-state index contributed by atoms with van der Waals surface area (Å²) in [4.78, 5) is 4.02. The van der Waals surface area contributed by atoms with Gasteiger partial charge in [0.2, 0.25) is 0 Å². The maximum Gasteiger partial charge on any atom is 0.325 e. The van der Waals surface area contributed by atoms with E-state index >= 15 is 0 Å². The number of thiocarbonyl (C=S) groups is 1. The van der Waals surface area contributed by atoms with Crippen molar-refractivity contribution in [3.63, 3.8) is 0 Å². The van der Waals surface area contributed by atoms with Crippen LogP contribution in [0.25, 0.3) is 0 Å². The van der Waals surface area contributed by atoms with Crippen LogP contribution in [0.15, 0.2) is 5.16 Å². The zero-order chi connectivity index (χ0) is 9.14. The number of nitrogens with zero attached hydrogens (tertiary/aromatic N) is 2. The van der Waals surface area contributed by atoms with Crippen LogP contribution in [0.2, 0.25) is 0 Å². The van der Waals surface area contributed by atoms with E-state index in [1.807, 2.05) is 6.26 Å². The second-order valence-electron chi connectivity index (χ2n) is 1.99. The van der Waals surface area contributed by atoms with Gasteiger partial charge in [-0.2, -0.15) is 5.10 Å². The van der Waals surface area contributed by atoms with Crippen molar-refractivity contribution in [1.82, 2.24) is 15.4 Å². The molecule has 12 heavy (non-hydrogen) atoms. The van der Waals surface area contributed by atoms with Crippen LogP contribution in [-0.2, 0) is 0 Å². The van der Waals surface area contributed by atoms with Gasteiger partial charge >= 0.3 is 16.2 Å². The quantitative estimate of drug-likeness (QED) is 0.322. The second kappa shape index (κ2) is 3.72. The molecule has 1 rings (SSSR count). The molecule has 0 spiro atoms. The molecule has 5 nitrogen and oxygen atoms in total. The van der Waals surface area contributed by atoms with Gasteiger partial charge < -0.3 is 5.73 Å². The molecule has 0 unspecified atom stereocenters. The lowest BCUT2D eigenvalue weighted by molar-refractivity contribution is -0.656. The third kappa shape index (κ3) is 1.67. The van der Waals surface area contributed by atoms with Crippen molar-refractivity contribution in [3.05, 3.63) is 0 Å². The molecule has 0 aliphatic carbocycles. The zero-order valence-electron chi connectivity index (χ0n) is 6.79. The average Bonchev–Trinajstić information content (AvgIpc) is 2.45. The SMILES string of the molecule is CNC(=S)[n+]1[nH]c(N)nc1SC. The first kappa shape index (κ1) is 9.27. The van der Waals surface area contributed by atoms with Gasteiger partial charge in [-0.25, -0.2) is 0 Å². The molecule has 1 heterocycles. The highest BCUT2D eigenvalue weighted by Gasteiger charge is 2.16. The van der Waals surface area contributed by atoms with E-state index in [0.29, 0.717) is 11.1 Å². The fraction of sp³-hybridized carbons (Fsp3) is 0.400. The Morgan fingerprint density at radius 1 is 1.83 bits per heavy atom. The molecule has 0 radical (unpaired) electrons. The molecule has 1 aromatic heterocycles. The highest BCUT2D eigenvalue weighted by molar-refractivity contribution is 7.98. The highest BCUT2D eigenvalue weighted by atomic mass is 32.2. The van der Waals surface area contributed by atoms with Crippen LogP contribution < -0.4 is 15.7 Å². The van der Waals surface area contributed by atoms with E-state index in [-0.39, 0.29) is 0 Å². The predicted molar refractivity (Wildman–Crippen MR) is 52.0 cm³/mol. The van der Waals surface area contributed by atoms with Crippen molar-refractivity contribution in [1.29, 1.82) is 0 Å². The Balaban J connectivity index is 3.04. The molecule has 4 N–H and O–H groups in total. The lowest BCUT2D eigenvalue weighted by Gasteiger charge is -1.95. The van der Waals surface area contributed by atoms with E-state index in [1.54, 1.807) is 11.7 Å². The van der Waals surface area contributed by atoms with Crippen molar-refractivity contribution < 1.29 is 4.68 Å². The van der Waals surface area contributed by atoms with Crippen LogP contribution in [0.5, 0.6) is 0 Å². The third-order valence-corrected chi connectivity index (χ3v) is 2.26. The summed E-state index contributed by atoms with van der Waals surface area (Å²) in [7, 11) is 1.75. The average molecular weight is 204 g/mol. The minimum absolute atomic E-state index is 0.358. The van der Waals surface area contributed by atoms with E-state index in [4.69, 9.17) is 18.0 Å². The number of thioether (sulfide) groups is 1. The fourth-order valence-corrected chi connectivity index (χ4v) is 1.43. The maximum atomic E-state index is 5.46. The number of anilines is 1. The number of nitrogens with two attached hydrogens (primary N) is 1. The Kier molecular flexibility index (Phi) is 2.88. The van der Waals surface area contributed by atoms with Gasteiger partial charge in [0, 0.05) is 0 Å². The van der Waals surface area contributed by atoms with Gasteiger partial charge in [0.15, 0.2) is 0 Å². The van der Waals surface area contributed by atoms with E-state index in [0.717, 1.165) is 5.16 Å². The normalized spacial score (nSPS) is 9.83. The molecule has 1 aromatic rings. The Morgan fingerprint density at radius 2 is 2.50 bits per heavy atom. The molecule has 0 fully saturated rings. The van der Waals surface area contributed by atoms with Crippen LogP contribution in [0.4, 0.5) is 5.95 Å². The van der Waals surface area contributed by atoms with E-state index in [1.165, 1.54) is 11.8 Å². The number of aromatic amines is 1. The molecule has 66 valence electrons. The Hall–Kier alpha value is -0.820. The number of hydrogen-bond acceptors (Lipinski definition) is 4. The molecule has 0 aliphatic rings. The largest absolute Gasteiger partial charge is 0.353 e. The molecule has 0 saturated carbocycles. The molecular weight excluding hydrogens is 194 g/mol. The summed E-state index contributed by atoms with van der Waals surface area (Å²) < 4.78 is 1.62. The van der Waals surface area contributed by atoms with Crippen molar-refractivity contribution in [3.8, 4) is 0 Å². The Bertz CT molecular complexity index is 294. The summed E-state index contributed by atoms with van der Waals surface area (Å²) in [6.07, 6.45) is 1.91. The van der Waals surface area contributed by atoms with Gasteiger partial charge in [-0.3, -0.25) is 5.32 Å². The Labute approximate surface area is 79.7 Å². The minimum Gasteiger partial charge on any atom is -0.353 e. The number of hydrogen-bond donors (Lipinski definition) is 3. The molecule has 0 aromatic carbocycles. The molecule has 0 bridgehead atoms. The lowest BCUT2D eigenvalue weighted by Crippen LogP contribution is -2.51. The van der Waals surface area contributed by atoms with E-state index < -0.39 is 0 Å². The minimum atomic E-state index is 0.358. The van der Waals surface area contributed by atoms with Crippen LogP contribution in [0, 0.1) is 0 Å². The first-order chi connectivity index (χ1) is 5.69. The van der Waals surface area contributed by atoms with Gasteiger partial charge in [0.1, 0.15) is 0 Å². The fourth-order valence-electron chi connectivity index (χ4n) is 0.727. The first-order valence-electron chi connectivity index (χ1n) is 3.22. The van der Waals surface area contributed by atoms with Gasteiger partial charge in [-0.1, -0.05) is 16.7 Å². The van der Waals surface area contributed by atoms with Crippen LogP contribution >= 0.6 is 24.0 Å². The van der Waals surface area contributed by atoms with Crippen LogP contribution in [0.3, 0.4) is 0 Å². The summed E-state index contributed by atoms with van der Waals surface area (Å²) in [6, 6.07) is 0. The second-order valence-corrected chi connectivity index (χ2v) is 3.15. The monoisotopic (exact) mass is 204 g/mol. The first-order valence-corrected chi connectivity index (χ1v) is 4.86. The summed E-state index contributed by atoms with van der Waals surface area (Å²) >= 11 is 6.47. The predicted octanol–water partition coefficient (Wildman–Crippen LogP) is -0.646. The standard InChI is InChI=1S/C5H9N5S2/c1-7-4(11)10-5(12-2)8-3(6)9-10/h1-2H3,(H3,6,7,9,11)/p+1. The number of nitrogens with one attached hydrogen (secondary N) is 2. The lowest BCUT2D eigenvalue weighted by atomic mass is 11.0. The number of nitrogen functional groups attached to an aromatic ring is 1. The number of rotatable bonds is 1. The van der Waals surface area contributed by atoms with Gasteiger partial charge in [0.05, 0.1) is 7.05 Å². The number of H-pyrrole nitrogens is 1. The van der Waals surface area contributed by atoms with Gasteiger partial charge in [-0.15, -0.1) is 4.68 Å². The summed E-state index contributed by atoms with van der Waals surface area (Å²) in [5, 5.41) is 6.92. The van der Waals surface area contributed by atoms with Crippen LogP contribution in [0.1, 0.15) is 0 Å². The smallest absolute Gasteiger partial charge is 0.325 e. The van der Waals surface area contributed by atoms with E-state index in [2.05, 4.69) is 15.4 Å². The summed E-state index contributed by atoms with van der Waals surface area (Å²) in [5.74, 6) is 0.358. The van der Waals surface area contributed by atoms with Gasteiger partial charge in [-0.05, 0) is 18.5 Å². The third-order valence-electron chi connectivity index (χ3n) is 1.23. The molecule has 0 aliphatic heterocycles. The topological polar surface area (TPSA) is 70.6 Å². The molecule has 7 heteroatoms. The summed E-state index contributed by atoms with van der Waals surface area (Å²) in [5.41, 5.74) is 5.46.